The van der Waals surface area contributed by atoms with Gasteiger partial charge in [-0.05, 0) is 43.0 Å². The Morgan fingerprint density at radius 1 is 1.13 bits per heavy atom. The van der Waals surface area contributed by atoms with Crippen LogP contribution in [0.5, 0.6) is 0 Å². The maximum absolute atomic E-state index is 12.2. The molecule has 23 heavy (non-hydrogen) atoms. The molecule has 0 bridgehead atoms. The molecule has 0 atom stereocenters. The largest absolute Gasteiger partial charge is 0.358 e. The van der Waals surface area contributed by atoms with Crippen LogP contribution < -0.4 is 0 Å². The predicted octanol–water partition coefficient (Wildman–Crippen LogP) is 3.69. The Morgan fingerprint density at radius 2 is 1.87 bits per heavy atom. The van der Waals surface area contributed by atoms with E-state index < -0.39 is 10.1 Å². The van der Waals surface area contributed by atoms with Crippen LogP contribution in [0.4, 0.5) is 0 Å². The van der Waals surface area contributed by atoms with Crippen LogP contribution in [0.1, 0.15) is 28.7 Å². The fourth-order valence-corrected chi connectivity index (χ4v) is 3.40. The van der Waals surface area contributed by atoms with Gasteiger partial charge in [0.2, 0.25) is 0 Å². The Balaban J connectivity index is 1.88. The van der Waals surface area contributed by atoms with Gasteiger partial charge in [0, 0.05) is 5.56 Å². The molecular weight excluding hydrogens is 310 g/mol. The van der Waals surface area contributed by atoms with Crippen molar-refractivity contribution in [3.63, 3.8) is 0 Å². The van der Waals surface area contributed by atoms with E-state index >= 15 is 0 Å². The zero-order valence-electron chi connectivity index (χ0n) is 12.8. The highest BCUT2D eigenvalue weighted by molar-refractivity contribution is 7.86. The fourth-order valence-electron chi connectivity index (χ4n) is 2.66. The SMILES string of the molecule is C=Cc1cccc2c1CC/C2=N\OS(=O)(=O)c1ccc(C)cc1. The number of oxime groups is 1. The summed E-state index contributed by atoms with van der Waals surface area (Å²) >= 11 is 0. The lowest BCUT2D eigenvalue weighted by molar-refractivity contribution is 0.338. The Morgan fingerprint density at radius 3 is 2.57 bits per heavy atom. The van der Waals surface area contributed by atoms with Gasteiger partial charge in [-0.1, -0.05) is 53.7 Å². The van der Waals surface area contributed by atoms with E-state index in [1.165, 1.54) is 12.1 Å². The van der Waals surface area contributed by atoms with Crippen LogP contribution in [0.25, 0.3) is 6.08 Å². The Kier molecular flexibility index (Phi) is 4.05. The van der Waals surface area contributed by atoms with Crippen molar-refractivity contribution in [3.05, 3.63) is 71.3 Å². The standard InChI is InChI=1S/C18H17NO3S/c1-3-14-5-4-6-17-16(14)11-12-18(17)19-22-23(20,21)15-9-7-13(2)8-10-15/h3-10H,1,11-12H2,2H3/b19-18+. The Labute approximate surface area is 136 Å². The molecule has 1 aliphatic carbocycles. The number of aryl methyl sites for hydroxylation is 1. The summed E-state index contributed by atoms with van der Waals surface area (Å²) in [6, 6.07) is 12.3. The molecule has 2 aromatic carbocycles. The monoisotopic (exact) mass is 327 g/mol. The van der Waals surface area contributed by atoms with Crippen molar-refractivity contribution in [1.82, 2.24) is 0 Å². The van der Waals surface area contributed by atoms with E-state index in [2.05, 4.69) is 11.7 Å². The van der Waals surface area contributed by atoms with Crippen molar-refractivity contribution in [1.29, 1.82) is 0 Å². The minimum atomic E-state index is -3.89. The summed E-state index contributed by atoms with van der Waals surface area (Å²) < 4.78 is 29.3. The molecule has 118 valence electrons. The van der Waals surface area contributed by atoms with E-state index in [4.69, 9.17) is 4.28 Å². The maximum Gasteiger partial charge on any atom is 0.358 e. The molecule has 2 aromatic rings. The first-order valence-corrected chi connectivity index (χ1v) is 8.74. The summed E-state index contributed by atoms with van der Waals surface area (Å²) in [6.07, 6.45) is 3.26. The highest BCUT2D eigenvalue weighted by Crippen LogP contribution is 2.27. The first kappa shape index (κ1) is 15.5. The molecule has 3 rings (SSSR count). The van der Waals surface area contributed by atoms with E-state index in [1.54, 1.807) is 18.2 Å². The molecule has 0 fully saturated rings. The Hall–Kier alpha value is -2.40. The van der Waals surface area contributed by atoms with Gasteiger partial charge in [-0.2, -0.15) is 8.42 Å². The predicted molar refractivity (Wildman–Crippen MR) is 90.8 cm³/mol. The van der Waals surface area contributed by atoms with Crippen molar-refractivity contribution < 1.29 is 12.7 Å². The molecule has 0 aliphatic heterocycles. The van der Waals surface area contributed by atoms with Crippen molar-refractivity contribution in [2.75, 3.05) is 0 Å². The molecule has 5 heteroatoms. The van der Waals surface area contributed by atoms with Crippen molar-refractivity contribution in [3.8, 4) is 0 Å². The molecule has 4 nitrogen and oxygen atoms in total. The van der Waals surface area contributed by atoms with Gasteiger partial charge in [0.1, 0.15) is 4.90 Å². The lowest BCUT2D eigenvalue weighted by Crippen LogP contribution is -2.05. The van der Waals surface area contributed by atoms with Gasteiger partial charge in [-0.15, -0.1) is 0 Å². The molecule has 1 aliphatic rings. The van der Waals surface area contributed by atoms with Gasteiger partial charge in [-0.3, -0.25) is 4.28 Å². The summed E-state index contributed by atoms with van der Waals surface area (Å²) in [6.45, 7) is 5.69. The molecule has 0 radical (unpaired) electrons. The van der Waals surface area contributed by atoms with E-state index in [1.807, 2.05) is 25.1 Å². The molecule has 0 unspecified atom stereocenters. The van der Waals surface area contributed by atoms with Crippen LogP contribution in [0.15, 0.2) is 59.1 Å². The van der Waals surface area contributed by atoms with Gasteiger partial charge in [0.05, 0.1) is 5.71 Å². The first-order valence-electron chi connectivity index (χ1n) is 7.33. The highest BCUT2D eigenvalue weighted by atomic mass is 32.2. The second-order valence-corrected chi connectivity index (χ2v) is 6.99. The number of hydrogen-bond acceptors (Lipinski definition) is 4. The number of nitrogens with zero attached hydrogens (tertiary/aromatic N) is 1. The normalized spacial score (nSPS) is 15.4. The van der Waals surface area contributed by atoms with Crippen LogP contribution in [-0.2, 0) is 20.8 Å². The zero-order valence-corrected chi connectivity index (χ0v) is 13.6. The molecule has 0 saturated carbocycles. The highest BCUT2D eigenvalue weighted by Gasteiger charge is 2.22. The average molecular weight is 327 g/mol. The topological polar surface area (TPSA) is 55.7 Å². The van der Waals surface area contributed by atoms with Crippen molar-refractivity contribution in [2.45, 2.75) is 24.7 Å². The average Bonchev–Trinajstić information content (AvgIpc) is 2.96. The maximum atomic E-state index is 12.2. The van der Waals surface area contributed by atoms with Crippen LogP contribution in [0, 0.1) is 6.92 Å². The molecule has 0 N–H and O–H groups in total. The van der Waals surface area contributed by atoms with Crippen LogP contribution in [-0.4, -0.2) is 14.1 Å². The van der Waals surface area contributed by atoms with Gasteiger partial charge in [0.15, 0.2) is 0 Å². The quantitative estimate of drug-likeness (QED) is 0.805. The number of benzene rings is 2. The lowest BCUT2D eigenvalue weighted by Gasteiger charge is -2.05. The smallest absolute Gasteiger partial charge is 0.264 e. The summed E-state index contributed by atoms with van der Waals surface area (Å²) in [5.74, 6) is 0. The fraction of sp³-hybridized carbons (Fsp3) is 0.167. The van der Waals surface area contributed by atoms with E-state index in [0.717, 1.165) is 28.7 Å². The number of hydrogen-bond donors (Lipinski definition) is 0. The zero-order chi connectivity index (χ0) is 16.4. The third-order valence-corrected chi connectivity index (χ3v) is 5.03. The van der Waals surface area contributed by atoms with E-state index in [9.17, 15) is 8.42 Å². The first-order chi connectivity index (χ1) is 11.0. The molecule has 0 saturated heterocycles. The van der Waals surface area contributed by atoms with E-state index in [-0.39, 0.29) is 4.90 Å². The minimum absolute atomic E-state index is 0.102. The summed E-state index contributed by atoms with van der Waals surface area (Å²) in [7, 11) is -3.89. The van der Waals surface area contributed by atoms with Gasteiger partial charge in [-0.25, -0.2) is 0 Å². The second kappa shape index (κ2) is 6.01. The van der Waals surface area contributed by atoms with Gasteiger partial charge in [0.25, 0.3) is 0 Å². The number of fused-ring (bicyclic) bond motifs is 1. The lowest BCUT2D eigenvalue weighted by atomic mass is 10.0. The van der Waals surface area contributed by atoms with Crippen molar-refractivity contribution in [2.24, 2.45) is 5.16 Å². The number of rotatable bonds is 4. The summed E-state index contributed by atoms with van der Waals surface area (Å²) in [4.78, 5) is 0.102. The third kappa shape index (κ3) is 3.05. The Bertz CT molecular complexity index is 881. The van der Waals surface area contributed by atoms with Crippen LogP contribution in [0.3, 0.4) is 0 Å². The van der Waals surface area contributed by atoms with Crippen molar-refractivity contribution >= 4 is 21.9 Å². The minimum Gasteiger partial charge on any atom is -0.264 e. The molecular formula is C18H17NO3S. The summed E-state index contributed by atoms with van der Waals surface area (Å²) in [5, 5.41) is 3.90. The third-order valence-electron chi connectivity index (χ3n) is 3.91. The summed E-state index contributed by atoms with van der Waals surface area (Å²) in [5.41, 5.74) is 4.75. The molecule has 0 amide bonds. The van der Waals surface area contributed by atoms with E-state index in [0.29, 0.717) is 12.1 Å². The molecule has 0 aromatic heterocycles. The van der Waals surface area contributed by atoms with Crippen LogP contribution >= 0.6 is 0 Å². The second-order valence-electron chi connectivity index (χ2n) is 5.46. The van der Waals surface area contributed by atoms with Gasteiger partial charge < -0.3 is 0 Å². The van der Waals surface area contributed by atoms with Crippen LogP contribution in [0.2, 0.25) is 0 Å². The molecule has 0 heterocycles. The van der Waals surface area contributed by atoms with Gasteiger partial charge >= 0.3 is 10.1 Å². The molecule has 0 spiro atoms.